The highest BCUT2D eigenvalue weighted by Crippen LogP contribution is 1.92. The van der Waals surface area contributed by atoms with Crippen molar-refractivity contribution in [2.45, 2.75) is 0 Å². The average Bonchev–Trinajstić information content (AvgIpc) is 1.38. The predicted octanol–water partition coefficient (Wildman–Crippen LogP) is -0.00880. The smallest absolute Gasteiger partial charge is 0.252 e. The summed E-state index contributed by atoms with van der Waals surface area (Å²) in [7, 11) is -0.0586. The molecule has 0 saturated heterocycles. The second kappa shape index (κ2) is 2.06. The zero-order valence-corrected chi connectivity index (χ0v) is 3.66. The molecule has 0 radical (unpaired) electrons. The van der Waals surface area contributed by atoms with Gasteiger partial charge in [0.2, 0.25) is 0 Å². The minimum absolute atomic E-state index is 0.0586. The van der Waals surface area contributed by atoms with E-state index in [9.17, 15) is 4.57 Å². The van der Waals surface area contributed by atoms with E-state index in [1.807, 2.05) is 0 Å². The Morgan fingerprint density at radius 2 is 2.20 bits per heavy atom. The van der Waals surface area contributed by atoms with Gasteiger partial charge in [0.05, 0.1) is 0 Å². The summed E-state index contributed by atoms with van der Waals surface area (Å²) in [5, 5.41) is 0. The van der Waals surface area contributed by atoms with Crippen LogP contribution < -0.4 is 5.73 Å². The molecule has 0 fully saturated rings. The second-order valence-corrected chi connectivity index (χ2v) is 1.47. The first-order valence-electron chi connectivity index (χ1n) is 1.11. The summed E-state index contributed by atoms with van der Waals surface area (Å²) in [6.07, 6.45) is 0. The van der Waals surface area contributed by atoms with Gasteiger partial charge in [-0.3, -0.25) is 4.57 Å². The van der Waals surface area contributed by atoms with Crippen molar-refractivity contribution >= 4 is 8.46 Å². The van der Waals surface area contributed by atoms with E-state index in [-0.39, 0.29) is 8.46 Å². The molecular weight excluding hydrogens is 85.0 g/mol. The molecule has 0 atom stereocenters. The van der Waals surface area contributed by atoms with Gasteiger partial charge in [-0.25, -0.2) is 0 Å². The summed E-state index contributed by atoms with van der Waals surface area (Å²) in [6, 6.07) is 0. The Morgan fingerprint density at radius 1 is 2.00 bits per heavy atom. The highest BCUT2D eigenvalue weighted by atomic mass is 31.1. The molecule has 3 N–H and O–H groups in total. The third-order valence-electron chi connectivity index (χ3n) is 0.129. The average molecular weight is 90.0 g/mol. The van der Waals surface area contributed by atoms with Gasteiger partial charge in [-0.05, 0) is 6.58 Å². The van der Waals surface area contributed by atoms with Crippen molar-refractivity contribution in [2.75, 3.05) is 0 Å². The van der Waals surface area contributed by atoms with E-state index in [4.69, 9.17) is 0 Å². The monoisotopic (exact) mass is 90.0 g/mol. The Kier molecular flexibility index (Phi) is 1.98. The fourth-order valence-electron chi connectivity index (χ4n) is 0. The molecule has 0 bridgehead atoms. The molecule has 0 unspecified atom stereocenters. The maximum Gasteiger partial charge on any atom is 0.252 e. The number of hydrogen-bond donors (Lipinski definition) is 1. The summed E-state index contributed by atoms with van der Waals surface area (Å²) in [5.41, 5.74) is 3.66. The Hall–Kier alpha value is -0.200. The lowest BCUT2D eigenvalue weighted by Gasteiger charge is -1.59. The third-order valence-corrected chi connectivity index (χ3v) is 0.387. The highest BCUT2D eigenvalue weighted by Gasteiger charge is 1.75. The van der Waals surface area contributed by atoms with Gasteiger partial charge in [0.15, 0.2) is 5.44 Å². The minimum Gasteiger partial charge on any atom is -0.319 e. The maximum atomic E-state index is 9.44. The molecule has 0 aliphatic heterocycles. The molecule has 3 heteroatoms. The van der Waals surface area contributed by atoms with Crippen molar-refractivity contribution < 1.29 is 10.3 Å². The van der Waals surface area contributed by atoms with Crippen LogP contribution in [-0.2, 0) is 4.57 Å². The first-order chi connectivity index (χ1) is 2.27. The van der Waals surface area contributed by atoms with E-state index in [0.717, 1.165) is 0 Å². The summed E-state index contributed by atoms with van der Waals surface area (Å²) in [6.45, 7) is 3.24. The highest BCUT2D eigenvalue weighted by molar-refractivity contribution is 7.28. The van der Waals surface area contributed by atoms with Crippen molar-refractivity contribution in [3.05, 3.63) is 12.0 Å². The van der Waals surface area contributed by atoms with Gasteiger partial charge in [-0.1, -0.05) is 0 Å². The van der Waals surface area contributed by atoms with Gasteiger partial charge < -0.3 is 5.73 Å². The molecule has 2 nitrogen and oxygen atoms in total. The first kappa shape index (κ1) is 4.80. The fraction of sp³-hybridized carbons (Fsp3) is 0. The van der Waals surface area contributed by atoms with Gasteiger partial charge in [0.25, 0.3) is 8.46 Å². The Bertz CT molecular complexity index is 60.7. The van der Waals surface area contributed by atoms with Crippen LogP contribution in [0.4, 0.5) is 0 Å². The molecule has 28 valence electrons. The fourth-order valence-corrected chi connectivity index (χ4v) is 0. The van der Waals surface area contributed by atoms with Crippen molar-refractivity contribution in [3.8, 4) is 0 Å². The van der Waals surface area contributed by atoms with E-state index in [2.05, 4.69) is 12.3 Å². The molecule has 0 rings (SSSR count). The molecule has 0 aromatic carbocycles. The normalized spacial score (nSPS) is 8.20. The van der Waals surface area contributed by atoms with Gasteiger partial charge in [-0.15, -0.1) is 0 Å². The van der Waals surface area contributed by atoms with Crippen LogP contribution >= 0.6 is 8.46 Å². The van der Waals surface area contributed by atoms with Crippen LogP contribution in [0.5, 0.6) is 0 Å². The summed E-state index contributed by atoms with van der Waals surface area (Å²) < 4.78 is 9.44. The zero-order chi connectivity index (χ0) is 4.28. The lowest BCUT2D eigenvalue weighted by atomic mass is 11.1. The van der Waals surface area contributed by atoms with E-state index >= 15 is 0 Å². The molecule has 0 aromatic heterocycles. The second-order valence-electron chi connectivity index (χ2n) is 0.658. The van der Waals surface area contributed by atoms with Gasteiger partial charge >= 0.3 is 0 Å². The van der Waals surface area contributed by atoms with Crippen LogP contribution in [0.3, 0.4) is 0 Å². The molecule has 5 heavy (non-hydrogen) atoms. The van der Waals surface area contributed by atoms with Crippen LogP contribution in [0.15, 0.2) is 12.0 Å². The molecular formula is C2H5NOP+. The van der Waals surface area contributed by atoms with Gasteiger partial charge in [-0.2, -0.15) is 0 Å². The van der Waals surface area contributed by atoms with Crippen molar-refractivity contribution in [3.63, 3.8) is 0 Å². The zero-order valence-electron chi connectivity index (χ0n) is 2.77. The van der Waals surface area contributed by atoms with E-state index in [0.29, 0.717) is 5.44 Å². The summed E-state index contributed by atoms with van der Waals surface area (Å²) in [5.74, 6) is 0. The van der Waals surface area contributed by atoms with Crippen LogP contribution in [0.1, 0.15) is 0 Å². The summed E-state index contributed by atoms with van der Waals surface area (Å²) >= 11 is 0. The Balaban J connectivity index is 3.20. The van der Waals surface area contributed by atoms with Crippen LogP contribution in [0.2, 0.25) is 0 Å². The van der Waals surface area contributed by atoms with Crippen molar-refractivity contribution in [1.82, 2.24) is 0 Å². The van der Waals surface area contributed by atoms with Gasteiger partial charge in [0, 0.05) is 0 Å². The van der Waals surface area contributed by atoms with Crippen LogP contribution in [0, 0.1) is 0 Å². The number of rotatable bonds is 1. The largest absolute Gasteiger partial charge is 0.319 e. The maximum absolute atomic E-state index is 9.44. The molecule has 0 aliphatic rings. The lowest BCUT2D eigenvalue weighted by Crippen LogP contribution is -2.43. The van der Waals surface area contributed by atoms with Crippen molar-refractivity contribution in [2.24, 2.45) is 0 Å². The molecule has 0 saturated carbocycles. The molecule has 0 aromatic rings. The molecule has 0 heterocycles. The van der Waals surface area contributed by atoms with Crippen molar-refractivity contribution in [1.29, 1.82) is 0 Å². The number of quaternary nitrogens is 1. The lowest BCUT2D eigenvalue weighted by molar-refractivity contribution is -0.284. The van der Waals surface area contributed by atoms with E-state index in [1.165, 1.54) is 0 Å². The Labute approximate surface area is 31.9 Å². The summed E-state index contributed by atoms with van der Waals surface area (Å²) in [4.78, 5) is 0. The standard InChI is InChI=1S/C2H4NOP/c1-2(3)5-4/h1,3H2/p+1. The van der Waals surface area contributed by atoms with Crippen LogP contribution in [-0.4, -0.2) is 0 Å². The van der Waals surface area contributed by atoms with E-state index in [1.54, 1.807) is 0 Å². The minimum atomic E-state index is -0.0586. The number of hydrogen-bond acceptors (Lipinski definition) is 1. The third kappa shape index (κ3) is 3.80. The van der Waals surface area contributed by atoms with E-state index < -0.39 is 0 Å². The molecule has 0 amide bonds. The predicted molar refractivity (Wildman–Crippen MR) is 19.6 cm³/mol. The van der Waals surface area contributed by atoms with Gasteiger partial charge in [0.1, 0.15) is 0 Å². The Morgan fingerprint density at radius 3 is 2.20 bits per heavy atom. The topological polar surface area (TPSA) is 44.7 Å². The molecule has 0 spiro atoms. The first-order valence-corrected chi connectivity index (χ1v) is 1.93. The molecule has 0 aliphatic carbocycles. The quantitative estimate of drug-likeness (QED) is 0.452. The van der Waals surface area contributed by atoms with Crippen LogP contribution in [0.25, 0.3) is 0 Å². The SMILES string of the molecule is C=C([NH3+])P=O.